The van der Waals surface area contributed by atoms with Crippen LogP contribution in [0, 0.1) is 0 Å². The summed E-state index contributed by atoms with van der Waals surface area (Å²) < 4.78 is 21.7. The van der Waals surface area contributed by atoms with Crippen molar-refractivity contribution in [3.63, 3.8) is 0 Å². The van der Waals surface area contributed by atoms with Crippen molar-refractivity contribution in [2.45, 2.75) is 6.54 Å². The molecule has 1 rings (SSSR count). The fourth-order valence-electron chi connectivity index (χ4n) is 1.41. The van der Waals surface area contributed by atoms with Crippen molar-refractivity contribution in [2.75, 3.05) is 18.6 Å². The summed E-state index contributed by atoms with van der Waals surface area (Å²) in [5, 5.41) is 13.7. The summed E-state index contributed by atoms with van der Waals surface area (Å²) in [6.45, 7) is 0.186. The Kier molecular flexibility index (Phi) is 5.51. The van der Waals surface area contributed by atoms with E-state index in [-0.39, 0.29) is 24.4 Å². The highest BCUT2D eigenvalue weighted by molar-refractivity contribution is 7.90. The number of carbonyl (C=O) groups is 2. The van der Waals surface area contributed by atoms with Crippen LogP contribution in [0.15, 0.2) is 24.3 Å². The fourth-order valence-corrected chi connectivity index (χ4v) is 1.88. The smallest absolute Gasteiger partial charge is 0.335 e. The van der Waals surface area contributed by atoms with Gasteiger partial charge in [-0.3, -0.25) is 0 Å². The van der Waals surface area contributed by atoms with E-state index < -0.39 is 21.8 Å². The van der Waals surface area contributed by atoms with E-state index >= 15 is 0 Å². The molecule has 0 bridgehead atoms. The molecule has 0 heterocycles. The fraction of sp³-hybridized carbons (Fsp3) is 0.333. The maximum Gasteiger partial charge on any atom is 0.335 e. The highest BCUT2D eigenvalue weighted by Crippen LogP contribution is 2.04. The quantitative estimate of drug-likeness (QED) is 0.696. The van der Waals surface area contributed by atoms with Crippen LogP contribution in [0.25, 0.3) is 0 Å². The Morgan fingerprint density at radius 2 is 1.95 bits per heavy atom. The summed E-state index contributed by atoms with van der Waals surface area (Å²) in [6, 6.07) is 5.68. The molecule has 0 aliphatic carbocycles. The molecule has 20 heavy (non-hydrogen) atoms. The first kappa shape index (κ1) is 16.0. The van der Waals surface area contributed by atoms with Gasteiger partial charge in [0.1, 0.15) is 9.84 Å². The zero-order valence-corrected chi connectivity index (χ0v) is 11.7. The standard InChI is InChI=1S/C12H16N2O5S/c1-20(18,19)6-5-13-12(17)14-8-9-3-2-4-10(7-9)11(15)16/h2-4,7H,5-6,8H2,1H3,(H,15,16)(H2,13,14,17). The van der Waals surface area contributed by atoms with Crippen LogP contribution >= 0.6 is 0 Å². The van der Waals surface area contributed by atoms with Crippen LogP contribution in [0.5, 0.6) is 0 Å². The molecule has 0 saturated heterocycles. The summed E-state index contributed by atoms with van der Waals surface area (Å²) in [7, 11) is -3.11. The third-order valence-electron chi connectivity index (χ3n) is 2.39. The van der Waals surface area contributed by atoms with Crippen LogP contribution in [-0.2, 0) is 16.4 Å². The first-order valence-electron chi connectivity index (χ1n) is 5.79. The number of carbonyl (C=O) groups excluding carboxylic acids is 1. The second kappa shape index (κ2) is 6.90. The number of urea groups is 1. The Labute approximate surface area is 116 Å². The molecule has 0 spiro atoms. The van der Waals surface area contributed by atoms with Gasteiger partial charge in [-0.25, -0.2) is 18.0 Å². The lowest BCUT2D eigenvalue weighted by molar-refractivity contribution is 0.0696. The molecule has 0 aromatic heterocycles. The molecular formula is C12H16N2O5S. The van der Waals surface area contributed by atoms with Gasteiger partial charge in [-0.1, -0.05) is 12.1 Å². The Bertz CT molecular complexity index is 598. The predicted molar refractivity (Wildman–Crippen MR) is 73.4 cm³/mol. The monoisotopic (exact) mass is 300 g/mol. The van der Waals surface area contributed by atoms with Gasteiger partial charge in [0, 0.05) is 19.3 Å². The average Bonchev–Trinajstić information content (AvgIpc) is 2.35. The summed E-state index contributed by atoms with van der Waals surface area (Å²) >= 11 is 0. The van der Waals surface area contributed by atoms with Gasteiger partial charge in [-0.2, -0.15) is 0 Å². The van der Waals surface area contributed by atoms with Gasteiger partial charge in [0.05, 0.1) is 11.3 Å². The van der Waals surface area contributed by atoms with Gasteiger partial charge in [0.25, 0.3) is 0 Å². The topological polar surface area (TPSA) is 113 Å². The first-order chi connectivity index (χ1) is 9.28. The average molecular weight is 300 g/mol. The van der Waals surface area contributed by atoms with Crippen molar-refractivity contribution < 1.29 is 23.1 Å². The number of carboxylic acids is 1. The number of rotatable bonds is 6. The van der Waals surface area contributed by atoms with Crippen molar-refractivity contribution in [2.24, 2.45) is 0 Å². The van der Waals surface area contributed by atoms with Crippen molar-refractivity contribution in [3.8, 4) is 0 Å². The lowest BCUT2D eigenvalue weighted by Crippen LogP contribution is -2.37. The number of benzene rings is 1. The second-order valence-corrected chi connectivity index (χ2v) is 6.50. The van der Waals surface area contributed by atoms with E-state index in [0.29, 0.717) is 5.56 Å². The molecule has 3 N–H and O–H groups in total. The maximum absolute atomic E-state index is 11.4. The van der Waals surface area contributed by atoms with Crippen molar-refractivity contribution in [1.29, 1.82) is 0 Å². The third kappa shape index (κ3) is 6.19. The number of sulfone groups is 1. The Morgan fingerprint density at radius 3 is 2.55 bits per heavy atom. The molecule has 0 unspecified atom stereocenters. The zero-order chi connectivity index (χ0) is 15.2. The van der Waals surface area contributed by atoms with Crippen LogP contribution in [0.3, 0.4) is 0 Å². The molecule has 2 amide bonds. The van der Waals surface area contributed by atoms with E-state index in [4.69, 9.17) is 5.11 Å². The van der Waals surface area contributed by atoms with Crippen LogP contribution in [-0.4, -0.2) is 44.1 Å². The summed E-state index contributed by atoms with van der Waals surface area (Å²) in [5.41, 5.74) is 0.782. The second-order valence-electron chi connectivity index (χ2n) is 4.24. The maximum atomic E-state index is 11.4. The van der Waals surface area contributed by atoms with Crippen LogP contribution < -0.4 is 10.6 Å². The number of amides is 2. The molecule has 0 fully saturated rings. The van der Waals surface area contributed by atoms with Crippen molar-refractivity contribution in [3.05, 3.63) is 35.4 Å². The largest absolute Gasteiger partial charge is 0.478 e. The minimum atomic E-state index is -3.11. The molecule has 1 aromatic carbocycles. The van der Waals surface area contributed by atoms with Crippen LogP contribution in [0.1, 0.15) is 15.9 Å². The molecule has 0 atom stereocenters. The van der Waals surface area contributed by atoms with E-state index in [9.17, 15) is 18.0 Å². The Balaban J connectivity index is 2.41. The van der Waals surface area contributed by atoms with Gasteiger partial charge >= 0.3 is 12.0 Å². The van der Waals surface area contributed by atoms with Gasteiger partial charge < -0.3 is 15.7 Å². The third-order valence-corrected chi connectivity index (χ3v) is 3.33. The van der Waals surface area contributed by atoms with E-state index in [0.717, 1.165) is 6.26 Å². The van der Waals surface area contributed by atoms with E-state index in [1.807, 2.05) is 0 Å². The van der Waals surface area contributed by atoms with Crippen molar-refractivity contribution in [1.82, 2.24) is 10.6 Å². The predicted octanol–water partition coefficient (Wildman–Crippen LogP) is 0.229. The van der Waals surface area contributed by atoms with Gasteiger partial charge in [0.15, 0.2) is 0 Å². The number of hydrogen-bond acceptors (Lipinski definition) is 4. The van der Waals surface area contributed by atoms with Crippen molar-refractivity contribution >= 4 is 21.8 Å². The summed E-state index contributed by atoms with van der Waals surface area (Å²) in [4.78, 5) is 22.2. The van der Waals surface area contributed by atoms with E-state index in [2.05, 4.69) is 10.6 Å². The number of aromatic carboxylic acids is 1. The minimum absolute atomic E-state index is 0.0276. The lowest BCUT2D eigenvalue weighted by atomic mass is 10.1. The van der Waals surface area contributed by atoms with Crippen LogP contribution in [0.2, 0.25) is 0 Å². The molecule has 0 saturated carbocycles. The number of carboxylic acid groups (broad SMARTS) is 1. The Morgan fingerprint density at radius 1 is 1.25 bits per heavy atom. The van der Waals surface area contributed by atoms with Gasteiger partial charge in [-0.05, 0) is 17.7 Å². The van der Waals surface area contributed by atoms with E-state index in [1.165, 1.54) is 12.1 Å². The zero-order valence-electron chi connectivity index (χ0n) is 10.9. The lowest BCUT2D eigenvalue weighted by Gasteiger charge is -2.07. The SMILES string of the molecule is CS(=O)(=O)CCNC(=O)NCc1cccc(C(=O)O)c1. The van der Waals surface area contributed by atoms with Gasteiger partial charge in [0.2, 0.25) is 0 Å². The highest BCUT2D eigenvalue weighted by atomic mass is 32.2. The molecule has 8 heteroatoms. The molecule has 0 aliphatic heterocycles. The minimum Gasteiger partial charge on any atom is -0.478 e. The molecule has 0 aliphatic rings. The Hall–Kier alpha value is -2.09. The molecule has 110 valence electrons. The number of nitrogens with one attached hydrogen (secondary N) is 2. The molecule has 0 radical (unpaired) electrons. The van der Waals surface area contributed by atoms with Crippen LogP contribution in [0.4, 0.5) is 4.79 Å². The normalized spacial score (nSPS) is 10.8. The highest BCUT2D eigenvalue weighted by Gasteiger charge is 2.06. The molecule has 7 nitrogen and oxygen atoms in total. The molecule has 1 aromatic rings. The first-order valence-corrected chi connectivity index (χ1v) is 7.85. The summed E-state index contributed by atoms with van der Waals surface area (Å²) in [6.07, 6.45) is 1.09. The summed E-state index contributed by atoms with van der Waals surface area (Å²) in [5.74, 6) is -1.17. The molecular weight excluding hydrogens is 284 g/mol. The van der Waals surface area contributed by atoms with Gasteiger partial charge in [-0.15, -0.1) is 0 Å². The van der Waals surface area contributed by atoms with E-state index in [1.54, 1.807) is 12.1 Å². The number of hydrogen-bond donors (Lipinski definition) is 3.